The number of benzene rings is 4. The van der Waals surface area contributed by atoms with E-state index in [1.807, 2.05) is 0 Å². The second kappa shape index (κ2) is 8.70. The van der Waals surface area contributed by atoms with E-state index in [-0.39, 0.29) is 21.7 Å². The van der Waals surface area contributed by atoms with E-state index in [1.165, 1.54) is 44.5 Å². The Morgan fingerprint density at radius 1 is 0.421 bits per heavy atom. The highest BCUT2D eigenvalue weighted by Crippen LogP contribution is 2.70. The number of rotatable bonds is 7. The highest BCUT2D eigenvalue weighted by molar-refractivity contribution is 5.89. The SMILES string of the molecule is CCC(C)(C)CC1(C2(CC(C)(C)CC)c3ccccc3-c3ccccc32)c2ccccc2-c2ccccc21. The molecule has 0 heteroatoms. The second-order valence-corrected chi connectivity index (χ2v) is 13.4. The van der Waals surface area contributed by atoms with Gasteiger partial charge in [0.05, 0.1) is 0 Å². The van der Waals surface area contributed by atoms with Gasteiger partial charge in [-0.3, -0.25) is 0 Å². The van der Waals surface area contributed by atoms with Crippen LogP contribution in [-0.4, -0.2) is 0 Å². The topological polar surface area (TPSA) is 0 Å². The van der Waals surface area contributed by atoms with E-state index in [9.17, 15) is 0 Å². The van der Waals surface area contributed by atoms with Gasteiger partial charge in [0.15, 0.2) is 0 Å². The molecule has 0 spiro atoms. The summed E-state index contributed by atoms with van der Waals surface area (Å²) in [6.07, 6.45) is 4.51. The van der Waals surface area contributed by atoms with Gasteiger partial charge in [0.1, 0.15) is 0 Å². The fourth-order valence-electron chi connectivity index (χ4n) is 7.94. The minimum Gasteiger partial charge on any atom is -0.0649 e. The van der Waals surface area contributed by atoms with Gasteiger partial charge in [0.25, 0.3) is 0 Å². The summed E-state index contributed by atoms with van der Waals surface area (Å²) in [4.78, 5) is 0. The lowest BCUT2D eigenvalue weighted by Crippen LogP contribution is -2.53. The van der Waals surface area contributed by atoms with Gasteiger partial charge in [-0.1, -0.05) is 151 Å². The third-order valence-corrected chi connectivity index (χ3v) is 10.3. The van der Waals surface area contributed by atoms with Crippen LogP contribution in [0, 0.1) is 10.8 Å². The molecule has 0 fully saturated rings. The van der Waals surface area contributed by atoms with Gasteiger partial charge in [-0.05, 0) is 68.2 Å². The predicted octanol–water partition coefficient (Wildman–Crippen LogP) is 10.6. The van der Waals surface area contributed by atoms with E-state index >= 15 is 0 Å². The Morgan fingerprint density at radius 2 is 0.658 bits per heavy atom. The normalized spacial score (nSPS) is 16.5. The molecule has 0 atom stereocenters. The Kier molecular flexibility index (Phi) is 5.76. The highest BCUT2D eigenvalue weighted by Gasteiger charge is 2.63. The summed E-state index contributed by atoms with van der Waals surface area (Å²) >= 11 is 0. The van der Waals surface area contributed by atoms with Crippen LogP contribution < -0.4 is 0 Å². The molecule has 0 aliphatic heterocycles. The molecule has 2 aliphatic carbocycles. The van der Waals surface area contributed by atoms with Crippen molar-refractivity contribution in [3.8, 4) is 22.3 Å². The summed E-state index contributed by atoms with van der Waals surface area (Å²) in [6, 6.07) is 37.4. The Labute approximate surface area is 230 Å². The van der Waals surface area contributed by atoms with Crippen molar-refractivity contribution in [3.63, 3.8) is 0 Å². The van der Waals surface area contributed by atoms with E-state index in [2.05, 4.69) is 139 Å². The van der Waals surface area contributed by atoms with Gasteiger partial charge in [0, 0.05) is 10.8 Å². The van der Waals surface area contributed by atoms with Crippen molar-refractivity contribution in [1.29, 1.82) is 0 Å². The van der Waals surface area contributed by atoms with E-state index in [1.54, 1.807) is 0 Å². The van der Waals surface area contributed by atoms with Crippen LogP contribution in [0.5, 0.6) is 0 Å². The van der Waals surface area contributed by atoms with Crippen molar-refractivity contribution < 1.29 is 0 Å². The lowest BCUT2D eigenvalue weighted by molar-refractivity contribution is 0.139. The van der Waals surface area contributed by atoms with Crippen LogP contribution in [0.4, 0.5) is 0 Å². The zero-order valence-electron chi connectivity index (χ0n) is 24.1. The molecule has 0 N–H and O–H groups in total. The van der Waals surface area contributed by atoms with Crippen LogP contribution in [0.25, 0.3) is 22.3 Å². The van der Waals surface area contributed by atoms with Crippen molar-refractivity contribution in [3.05, 3.63) is 119 Å². The Morgan fingerprint density at radius 3 is 0.895 bits per heavy atom. The van der Waals surface area contributed by atoms with Crippen LogP contribution >= 0.6 is 0 Å². The maximum atomic E-state index is 2.49. The molecule has 6 rings (SSSR count). The molecule has 194 valence electrons. The van der Waals surface area contributed by atoms with Gasteiger partial charge in [-0.15, -0.1) is 0 Å². The van der Waals surface area contributed by atoms with Crippen molar-refractivity contribution >= 4 is 0 Å². The first-order valence-corrected chi connectivity index (χ1v) is 14.6. The largest absolute Gasteiger partial charge is 0.0649 e. The van der Waals surface area contributed by atoms with Crippen LogP contribution in [0.15, 0.2) is 97.1 Å². The predicted molar refractivity (Wildman–Crippen MR) is 163 cm³/mol. The summed E-state index contributed by atoms with van der Waals surface area (Å²) in [7, 11) is 0. The molecule has 0 nitrogen and oxygen atoms in total. The standard InChI is InChI=1S/C38H42/c1-7-35(3,4)25-37(31-21-13-9-17-27(31)28-18-10-14-22-32(28)37)38(26-36(5,6)8-2)33-23-15-11-19-29(33)30-20-12-16-24-34(30)38/h9-24H,7-8,25-26H2,1-6H3. The molecule has 38 heavy (non-hydrogen) atoms. The number of fused-ring (bicyclic) bond motifs is 6. The smallest absolute Gasteiger partial charge is 0.0358 e. The van der Waals surface area contributed by atoms with E-state index in [0.717, 1.165) is 25.7 Å². The highest BCUT2D eigenvalue weighted by atomic mass is 14.6. The molecule has 0 bridgehead atoms. The van der Waals surface area contributed by atoms with Crippen LogP contribution in [0.2, 0.25) is 0 Å². The Balaban J connectivity index is 1.85. The first kappa shape index (κ1) is 25.2. The summed E-state index contributed by atoms with van der Waals surface area (Å²) in [6.45, 7) is 14.7. The molecule has 0 amide bonds. The van der Waals surface area contributed by atoms with Gasteiger partial charge in [-0.25, -0.2) is 0 Å². The minimum absolute atomic E-state index is 0.167. The molecule has 0 aromatic heterocycles. The summed E-state index contributed by atoms with van der Waals surface area (Å²) in [5.74, 6) is 0. The first-order chi connectivity index (χ1) is 18.2. The number of hydrogen-bond donors (Lipinski definition) is 0. The number of hydrogen-bond acceptors (Lipinski definition) is 0. The zero-order valence-corrected chi connectivity index (χ0v) is 24.1. The fraction of sp³-hybridized carbons (Fsp3) is 0.368. The van der Waals surface area contributed by atoms with Crippen molar-refractivity contribution in [1.82, 2.24) is 0 Å². The third kappa shape index (κ3) is 3.35. The molecule has 2 aliphatic rings. The van der Waals surface area contributed by atoms with E-state index in [4.69, 9.17) is 0 Å². The van der Waals surface area contributed by atoms with Crippen molar-refractivity contribution in [2.45, 2.75) is 78.1 Å². The molecule has 0 radical (unpaired) electrons. The molecule has 0 saturated carbocycles. The quantitative estimate of drug-likeness (QED) is 0.238. The Bertz CT molecular complexity index is 1290. The average Bonchev–Trinajstić information content (AvgIpc) is 3.38. The lowest BCUT2D eigenvalue weighted by Gasteiger charge is -2.55. The molecule has 4 aromatic rings. The fourth-order valence-corrected chi connectivity index (χ4v) is 7.94. The summed E-state index contributed by atoms with van der Waals surface area (Å²) < 4.78 is 0. The maximum absolute atomic E-state index is 2.49. The van der Waals surface area contributed by atoms with Crippen LogP contribution in [0.1, 0.15) is 89.5 Å². The first-order valence-electron chi connectivity index (χ1n) is 14.6. The molecular formula is C38H42. The minimum atomic E-state index is -0.186. The van der Waals surface area contributed by atoms with Gasteiger partial charge in [0.2, 0.25) is 0 Å². The van der Waals surface area contributed by atoms with Crippen molar-refractivity contribution in [2.75, 3.05) is 0 Å². The van der Waals surface area contributed by atoms with Crippen LogP contribution in [-0.2, 0) is 10.8 Å². The van der Waals surface area contributed by atoms with E-state index < -0.39 is 0 Å². The molecule has 4 aromatic carbocycles. The molecule has 0 heterocycles. The lowest BCUT2D eigenvalue weighted by atomic mass is 9.47. The van der Waals surface area contributed by atoms with Crippen molar-refractivity contribution in [2.24, 2.45) is 10.8 Å². The van der Waals surface area contributed by atoms with Gasteiger partial charge < -0.3 is 0 Å². The van der Waals surface area contributed by atoms with Gasteiger partial charge in [-0.2, -0.15) is 0 Å². The Hall–Kier alpha value is -3.12. The third-order valence-electron chi connectivity index (χ3n) is 10.3. The molecular weight excluding hydrogens is 456 g/mol. The molecule has 0 saturated heterocycles. The maximum Gasteiger partial charge on any atom is 0.0358 e. The van der Waals surface area contributed by atoms with E-state index in [0.29, 0.717) is 0 Å². The average molecular weight is 499 g/mol. The zero-order chi connectivity index (χ0) is 26.8. The van der Waals surface area contributed by atoms with Crippen LogP contribution in [0.3, 0.4) is 0 Å². The summed E-state index contributed by atoms with van der Waals surface area (Å²) in [5, 5.41) is 0. The monoisotopic (exact) mass is 498 g/mol. The van der Waals surface area contributed by atoms with Gasteiger partial charge >= 0.3 is 0 Å². The second-order valence-electron chi connectivity index (χ2n) is 13.4. The summed E-state index contributed by atoms with van der Waals surface area (Å²) in [5.41, 5.74) is 11.7. The molecule has 0 unspecified atom stereocenters.